The number of ether oxygens (including phenoxy) is 2. The highest BCUT2D eigenvalue weighted by atomic mass is 35.5. The topological polar surface area (TPSA) is 89.0 Å². The Morgan fingerprint density at radius 1 is 1.00 bits per heavy atom. The Labute approximate surface area is 230 Å². The SMILES string of the molecule is CCOc1cc(/C=N/NC(=O)C(NC(=O)c2ccc(F)cc2)C(C)C)ccc1OCc1ccc(Cl)cc1Cl. The monoisotopic (exact) mass is 559 g/mol. The normalized spacial score (nSPS) is 11.9. The van der Waals surface area contributed by atoms with Crippen LogP contribution < -0.4 is 20.2 Å². The molecule has 0 spiro atoms. The third kappa shape index (κ3) is 8.19. The molecule has 3 rings (SSSR count). The second kappa shape index (κ2) is 13.8. The number of carbonyl (C=O) groups is 2. The zero-order valence-corrected chi connectivity index (χ0v) is 22.6. The summed E-state index contributed by atoms with van der Waals surface area (Å²) in [5.41, 5.74) is 4.14. The van der Waals surface area contributed by atoms with Crippen LogP contribution in [0.1, 0.15) is 42.3 Å². The number of carbonyl (C=O) groups excluding carboxylic acids is 2. The van der Waals surface area contributed by atoms with E-state index < -0.39 is 23.7 Å². The molecule has 0 fully saturated rings. The summed E-state index contributed by atoms with van der Waals surface area (Å²) in [6, 6.07) is 14.6. The van der Waals surface area contributed by atoms with Crippen molar-refractivity contribution in [2.75, 3.05) is 6.61 Å². The highest BCUT2D eigenvalue weighted by molar-refractivity contribution is 6.35. The van der Waals surface area contributed by atoms with Crippen LogP contribution in [0.15, 0.2) is 65.8 Å². The predicted molar refractivity (Wildman–Crippen MR) is 147 cm³/mol. The third-order valence-corrected chi connectivity index (χ3v) is 5.98. The van der Waals surface area contributed by atoms with Gasteiger partial charge < -0.3 is 14.8 Å². The van der Waals surface area contributed by atoms with Gasteiger partial charge in [0.25, 0.3) is 11.8 Å². The van der Waals surface area contributed by atoms with Crippen LogP contribution in [0.2, 0.25) is 10.0 Å². The minimum absolute atomic E-state index is 0.218. The third-order valence-electron chi connectivity index (χ3n) is 5.40. The van der Waals surface area contributed by atoms with E-state index in [1.54, 1.807) is 50.2 Å². The number of benzene rings is 3. The molecule has 0 bridgehead atoms. The quantitative estimate of drug-likeness (QED) is 0.222. The Kier molecular flexibility index (Phi) is 10.5. The van der Waals surface area contributed by atoms with Crippen LogP contribution in [0.25, 0.3) is 0 Å². The van der Waals surface area contributed by atoms with Crippen molar-refractivity contribution in [1.29, 1.82) is 0 Å². The van der Waals surface area contributed by atoms with Gasteiger partial charge in [-0.2, -0.15) is 5.10 Å². The summed E-state index contributed by atoms with van der Waals surface area (Å²) >= 11 is 12.2. The molecule has 1 unspecified atom stereocenters. The van der Waals surface area contributed by atoms with Crippen LogP contribution >= 0.6 is 23.2 Å². The fraction of sp³-hybridized carbons (Fsp3) is 0.250. The van der Waals surface area contributed by atoms with E-state index in [1.165, 1.54) is 30.5 Å². The lowest BCUT2D eigenvalue weighted by Crippen LogP contribution is -2.48. The van der Waals surface area contributed by atoms with Gasteiger partial charge in [-0.25, -0.2) is 9.82 Å². The van der Waals surface area contributed by atoms with Crippen LogP contribution in [0.5, 0.6) is 11.5 Å². The number of hydrogen-bond acceptors (Lipinski definition) is 5. The molecule has 3 aromatic rings. The van der Waals surface area contributed by atoms with Crippen LogP contribution in [0.3, 0.4) is 0 Å². The lowest BCUT2D eigenvalue weighted by molar-refractivity contribution is -0.123. The van der Waals surface area contributed by atoms with Crippen LogP contribution in [0, 0.1) is 11.7 Å². The predicted octanol–water partition coefficient (Wildman–Crippen LogP) is 6.01. The molecule has 3 aromatic carbocycles. The van der Waals surface area contributed by atoms with E-state index in [4.69, 9.17) is 32.7 Å². The first-order chi connectivity index (χ1) is 18.2. The van der Waals surface area contributed by atoms with Crippen molar-refractivity contribution in [1.82, 2.24) is 10.7 Å². The maximum atomic E-state index is 13.1. The summed E-state index contributed by atoms with van der Waals surface area (Å²) in [5, 5.41) is 7.74. The van der Waals surface area contributed by atoms with Gasteiger partial charge in [0, 0.05) is 21.2 Å². The summed E-state index contributed by atoms with van der Waals surface area (Å²) in [5.74, 6) is -0.630. The molecule has 0 saturated carbocycles. The molecule has 10 heteroatoms. The molecule has 200 valence electrons. The molecular formula is C28H28Cl2FN3O4. The molecule has 1 atom stereocenters. The fourth-order valence-electron chi connectivity index (χ4n) is 3.39. The van der Waals surface area contributed by atoms with E-state index >= 15 is 0 Å². The summed E-state index contributed by atoms with van der Waals surface area (Å²) < 4.78 is 24.7. The summed E-state index contributed by atoms with van der Waals surface area (Å²) in [6.45, 7) is 6.08. The maximum Gasteiger partial charge on any atom is 0.262 e. The molecule has 0 heterocycles. The Morgan fingerprint density at radius 3 is 2.39 bits per heavy atom. The molecule has 2 N–H and O–H groups in total. The lowest BCUT2D eigenvalue weighted by Gasteiger charge is -2.20. The molecule has 0 aromatic heterocycles. The number of nitrogens with one attached hydrogen (secondary N) is 2. The van der Waals surface area contributed by atoms with E-state index in [2.05, 4.69) is 15.8 Å². The van der Waals surface area contributed by atoms with Gasteiger partial charge in [0.15, 0.2) is 11.5 Å². The van der Waals surface area contributed by atoms with Gasteiger partial charge in [-0.15, -0.1) is 0 Å². The number of hydrogen-bond donors (Lipinski definition) is 2. The number of nitrogens with zero attached hydrogens (tertiary/aromatic N) is 1. The van der Waals surface area contributed by atoms with Crippen molar-refractivity contribution >= 4 is 41.2 Å². The standard InChI is InChI=1S/C28H28Cl2FN3O4/c1-4-37-25-13-18(5-12-24(25)38-16-20-6-9-21(29)14-23(20)30)15-32-34-28(36)26(17(2)3)33-27(35)19-7-10-22(31)11-8-19/h5-15,17,26H,4,16H2,1-3H3,(H,33,35)(H,34,36)/b32-15+. The maximum absolute atomic E-state index is 13.1. The minimum atomic E-state index is -0.848. The number of halogens is 3. The number of amides is 2. The second-order valence-electron chi connectivity index (χ2n) is 8.60. The fourth-order valence-corrected chi connectivity index (χ4v) is 3.85. The van der Waals surface area contributed by atoms with Crippen molar-refractivity contribution in [2.45, 2.75) is 33.4 Å². The van der Waals surface area contributed by atoms with Crippen molar-refractivity contribution in [3.05, 3.63) is 93.2 Å². The molecule has 0 radical (unpaired) electrons. The van der Waals surface area contributed by atoms with Crippen molar-refractivity contribution in [3.8, 4) is 11.5 Å². The van der Waals surface area contributed by atoms with Gasteiger partial charge in [-0.05, 0) is 73.0 Å². The van der Waals surface area contributed by atoms with Crippen molar-refractivity contribution in [3.63, 3.8) is 0 Å². The Morgan fingerprint density at radius 2 is 1.74 bits per heavy atom. The Bertz CT molecular complexity index is 1300. The molecule has 0 saturated heterocycles. The Hall–Kier alpha value is -3.62. The largest absolute Gasteiger partial charge is 0.490 e. The summed E-state index contributed by atoms with van der Waals surface area (Å²) in [4.78, 5) is 25.2. The van der Waals surface area contributed by atoms with Crippen molar-refractivity contribution < 1.29 is 23.5 Å². The molecule has 0 aliphatic rings. The molecular weight excluding hydrogens is 532 g/mol. The highest BCUT2D eigenvalue weighted by Crippen LogP contribution is 2.30. The van der Waals surface area contributed by atoms with E-state index in [0.717, 1.165) is 5.56 Å². The van der Waals surface area contributed by atoms with Gasteiger partial charge >= 0.3 is 0 Å². The minimum Gasteiger partial charge on any atom is -0.490 e. The zero-order chi connectivity index (χ0) is 27.7. The second-order valence-corrected chi connectivity index (χ2v) is 9.44. The Balaban J connectivity index is 1.64. The highest BCUT2D eigenvalue weighted by Gasteiger charge is 2.24. The van der Waals surface area contributed by atoms with E-state index in [-0.39, 0.29) is 18.1 Å². The molecule has 38 heavy (non-hydrogen) atoms. The average Bonchev–Trinajstić information content (AvgIpc) is 2.88. The van der Waals surface area contributed by atoms with Crippen molar-refractivity contribution in [2.24, 2.45) is 11.0 Å². The number of rotatable bonds is 11. The first-order valence-electron chi connectivity index (χ1n) is 11.9. The first-order valence-corrected chi connectivity index (χ1v) is 12.7. The van der Waals surface area contributed by atoms with E-state index in [1.807, 2.05) is 6.92 Å². The van der Waals surface area contributed by atoms with Gasteiger partial charge in [-0.1, -0.05) is 43.1 Å². The van der Waals surface area contributed by atoms with Crippen LogP contribution in [0.4, 0.5) is 4.39 Å². The molecule has 2 amide bonds. The molecule has 0 aliphatic carbocycles. The summed E-state index contributed by atoms with van der Waals surface area (Å²) in [6.07, 6.45) is 1.46. The first kappa shape index (κ1) is 28.9. The van der Waals surface area contributed by atoms with Gasteiger partial charge in [-0.3, -0.25) is 9.59 Å². The lowest BCUT2D eigenvalue weighted by atomic mass is 10.0. The van der Waals surface area contributed by atoms with Crippen LogP contribution in [-0.4, -0.2) is 30.7 Å². The molecule has 0 aliphatic heterocycles. The smallest absolute Gasteiger partial charge is 0.262 e. The number of hydrazone groups is 1. The van der Waals surface area contributed by atoms with Gasteiger partial charge in [0.05, 0.1) is 12.8 Å². The molecule has 7 nitrogen and oxygen atoms in total. The van der Waals surface area contributed by atoms with E-state index in [9.17, 15) is 14.0 Å². The summed E-state index contributed by atoms with van der Waals surface area (Å²) in [7, 11) is 0. The van der Waals surface area contributed by atoms with E-state index in [0.29, 0.717) is 33.7 Å². The zero-order valence-electron chi connectivity index (χ0n) is 21.1. The van der Waals surface area contributed by atoms with Crippen LogP contribution in [-0.2, 0) is 11.4 Å². The van der Waals surface area contributed by atoms with Gasteiger partial charge in [0.1, 0.15) is 18.5 Å². The van der Waals surface area contributed by atoms with Gasteiger partial charge in [0.2, 0.25) is 0 Å². The average molecular weight is 560 g/mol.